The van der Waals surface area contributed by atoms with Gasteiger partial charge in [-0.2, -0.15) is 0 Å². The zero-order chi connectivity index (χ0) is 8.84. The van der Waals surface area contributed by atoms with Crippen molar-refractivity contribution >= 4 is 11.6 Å². The summed E-state index contributed by atoms with van der Waals surface area (Å²) >= 11 is 6.25. The summed E-state index contributed by atoms with van der Waals surface area (Å²) in [7, 11) is 0. The molecule has 0 aromatic carbocycles. The van der Waals surface area contributed by atoms with Crippen LogP contribution in [0.1, 0.15) is 25.7 Å². The molecule has 3 aliphatic rings. The second-order valence-corrected chi connectivity index (χ2v) is 4.78. The van der Waals surface area contributed by atoms with Crippen LogP contribution in [0.4, 0.5) is 0 Å². The van der Waals surface area contributed by atoms with Gasteiger partial charge in [0, 0.05) is 0 Å². The van der Waals surface area contributed by atoms with Gasteiger partial charge in [-0.15, -0.1) is 11.6 Å². The van der Waals surface area contributed by atoms with Crippen LogP contribution >= 0.6 is 11.6 Å². The van der Waals surface area contributed by atoms with Crippen molar-refractivity contribution in [1.82, 2.24) is 0 Å². The number of rotatable bonds is 1. The molecule has 1 unspecified atom stereocenters. The lowest BCUT2D eigenvalue weighted by Crippen LogP contribution is -2.03. The molecule has 0 aliphatic heterocycles. The highest BCUT2D eigenvalue weighted by atomic mass is 35.5. The lowest BCUT2D eigenvalue weighted by molar-refractivity contribution is 0.946. The zero-order valence-electron chi connectivity index (χ0n) is 7.59. The zero-order valence-corrected chi connectivity index (χ0v) is 8.35. The van der Waals surface area contributed by atoms with Crippen molar-refractivity contribution in [2.45, 2.75) is 31.1 Å². The van der Waals surface area contributed by atoms with Gasteiger partial charge < -0.3 is 0 Å². The Labute approximate surface area is 84.0 Å². The van der Waals surface area contributed by atoms with Gasteiger partial charge in [0.05, 0.1) is 5.38 Å². The summed E-state index contributed by atoms with van der Waals surface area (Å²) in [6, 6.07) is 0. The molecule has 13 heavy (non-hydrogen) atoms. The molecule has 1 fully saturated rings. The molecule has 0 spiro atoms. The van der Waals surface area contributed by atoms with Gasteiger partial charge in [-0.05, 0) is 42.7 Å². The van der Waals surface area contributed by atoms with Crippen LogP contribution in [-0.4, -0.2) is 5.38 Å². The molecule has 0 heterocycles. The molecule has 1 atom stereocenters. The first-order valence-electron chi connectivity index (χ1n) is 5.09. The van der Waals surface area contributed by atoms with E-state index in [9.17, 15) is 0 Å². The van der Waals surface area contributed by atoms with E-state index < -0.39 is 0 Å². The highest BCUT2D eigenvalue weighted by molar-refractivity contribution is 6.23. The van der Waals surface area contributed by atoms with Crippen molar-refractivity contribution < 1.29 is 0 Å². The minimum atomic E-state index is 0.247. The van der Waals surface area contributed by atoms with E-state index in [0.29, 0.717) is 0 Å². The fraction of sp³-hybridized carbons (Fsp3) is 0.500. The predicted octanol–water partition coefficient (Wildman–Crippen LogP) is 3.59. The maximum Gasteiger partial charge on any atom is 0.0622 e. The van der Waals surface area contributed by atoms with E-state index in [4.69, 9.17) is 11.6 Å². The van der Waals surface area contributed by atoms with Crippen molar-refractivity contribution in [1.29, 1.82) is 0 Å². The molecular weight excluding hydrogens is 180 g/mol. The van der Waals surface area contributed by atoms with Crippen molar-refractivity contribution in [3.8, 4) is 0 Å². The molecule has 1 heteroatoms. The number of allylic oxidation sites excluding steroid dienone is 6. The summed E-state index contributed by atoms with van der Waals surface area (Å²) < 4.78 is 0. The fourth-order valence-electron chi connectivity index (χ4n) is 2.29. The molecular formula is C12H13Cl. The fourth-order valence-corrected chi connectivity index (χ4v) is 2.59. The van der Waals surface area contributed by atoms with E-state index in [2.05, 4.69) is 18.2 Å². The Hall–Kier alpha value is -0.490. The van der Waals surface area contributed by atoms with Gasteiger partial charge in [0.25, 0.3) is 0 Å². The first-order valence-corrected chi connectivity index (χ1v) is 5.52. The maximum atomic E-state index is 6.25. The van der Waals surface area contributed by atoms with Gasteiger partial charge in [-0.25, -0.2) is 0 Å². The van der Waals surface area contributed by atoms with Crippen LogP contribution < -0.4 is 0 Å². The third-order valence-electron chi connectivity index (χ3n) is 3.21. The van der Waals surface area contributed by atoms with Crippen LogP contribution in [0.5, 0.6) is 0 Å². The Kier molecular flexibility index (Phi) is 1.66. The Morgan fingerprint density at radius 1 is 1.31 bits per heavy atom. The van der Waals surface area contributed by atoms with Crippen LogP contribution in [0.25, 0.3) is 0 Å². The van der Waals surface area contributed by atoms with Gasteiger partial charge in [-0.1, -0.05) is 23.8 Å². The van der Waals surface area contributed by atoms with Crippen LogP contribution in [0.2, 0.25) is 0 Å². The molecule has 3 aliphatic carbocycles. The van der Waals surface area contributed by atoms with E-state index in [1.54, 1.807) is 5.57 Å². The Balaban J connectivity index is 1.90. The minimum Gasteiger partial charge on any atom is -0.117 e. The molecule has 68 valence electrons. The lowest BCUT2D eigenvalue weighted by atomic mass is 9.99. The van der Waals surface area contributed by atoms with Crippen LogP contribution in [0, 0.1) is 5.92 Å². The van der Waals surface area contributed by atoms with Crippen molar-refractivity contribution in [3.63, 3.8) is 0 Å². The number of hydrogen-bond donors (Lipinski definition) is 0. The summed E-state index contributed by atoms with van der Waals surface area (Å²) in [6.45, 7) is 0. The van der Waals surface area contributed by atoms with Crippen molar-refractivity contribution in [3.05, 3.63) is 34.9 Å². The molecule has 3 rings (SSSR count). The van der Waals surface area contributed by atoms with Crippen molar-refractivity contribution in [2.75, 3.05) is 0 Å². The number of alkyl halides is 1. The molecule has 0 amide bonds. The average molecular weight is 193 g/mol. The van der Waals surface area contributed by atoms with Crippen molar-refractivity contribution in [2.24, 2.45) is 5.92 Å². The third kappa shape index (κ3) is 1.28. The van der Waals surface area contributed by atoms with Crippen LogP contribution in [-0.2, 0) is 0 Å². The predicted molar refractivity (Wildman–Crippen MR) is 55.8 cm³/mol. The Morgan fingerprint density at radius 2 is 2.15 bits per heavy atom. The van der Waals surface area contributed by atoms with E-state index in [-0.39, 0.29) is 5.38 Å². The van der Waals surface area contributed by atoms with E-state index >= 15 is 0 Å². The van der Waals surface area contributed by atoms with Gasteiger partial charge in [-0.3, -0.25) is 0 Å². The number of halogens is 1. The quantitative estimate of drug-likeness (QED) is 0.557. The molecule has 0 aromatic heterocycles. The summed E-state index contributed by atoms with van der Waals surface area (Å²) in [4.78, 5) is 0. The second-order valence-electron chi connectivity index (χ2n) is 4.26. The Bertz CT molecular complexity index is 329. The summed E-state index contributed by atoms with van der Waals surface area (Å²) in [5.41, 5.74) is 4.53. The maximum absolute atomic E-state index is 6.25. The van der Waals surface area contributed by atoms with Gasteiger partial charge >= 0.3 is 0 Å². The number of hydrogen-bond acceptors (Lipinski definition) is 0. The van der Waals surface area contributed by atoms with Crippen LogP contribution in [0.3, 0.4) is 0 Å². The van der Waals surface area contributed by atoms with E-state index in [0.717, 1.165) is 12.3 Å². The van der Waals surface area contributed by atoms with E-state index in [1.165, 1.54) is 30.4 Å². The smallest absolute Gasteiger partial charge is 0.0622 e. The van der Waals surface area contributed by atoms with Crippen LogP contribution in [0.15, 0.2) is 34.9 Å². The molecule has 0 nitrogen and oxygen atoms in total. The summed E-state index contributed by atoms with van der Waals surface area (Å²) in [6.07, 6.45) is 11.8. The third-order valence-corrected chi connectivity index (χ3v) is 3.62. The molecule has 0 radical (unpaired) electrons. The van der Waals surface area contributed by atoms with Gasteiger partial charge in [0.2, 0.25) is 0 Å². The molecule has 0 N–H and O–H groups in total. The Morgan fingerprint density at radius 3 is 2.85 bits per heavy atom. The highest BCUT2D eigenvalue weighted by Crippen LogP contribution is 2.45. The highest BCUT2D eigenvalue weighted by Gasteiger charge is 2.31. The topological polar surface area (TPSA) is 0 Å². The molecule has 0 saturated heterocycles. The first kappa shape index (κ1) is 7.87. The SMILES string of the molecule is ClC1CC=CC2=C1C=C(C1CC1)C2. The molecule has 0 bridgehead atoms. The monoisotopic (exact) mass is 192 g/mol. The van der Waals surface area contributed by atoms with Gasteiger partial charge in [0.15, 0.2) is 0 Å². The van der Waals surface area contributed by atoms with E-state index in [1.807, 2.05) is 0 Å². The molecule has 0 aromatic rings. The summed E-state index contributed by atoms with van der Waals surface area (Å²) in [5.74, 6) is 0.905. The molecule has 1 saturated carbocycles. The second kappa shape index (κ2) is 2.75. The minimum absolute atomic E-state index is 0.247. The summed E-state index contributed by atoms with van der Waals surface area (Å²) in [5, 5.41) is 0.247. The lowest BCUT2D eigenvalue weighted by Gasteiger charge is -2.12. The normalized spacial score (nSPS) is 32.1. The standard InChI is InChI=1S/C12H13Cl/c13-12-3-1-2-9-6-10(7-11(9)12)8-4-5-8/h1-2,7-8,12H,3-6H2. The average Bonchev–Trinajstić information content (AvgIpc) is 2.87. The van der Waals surface area contributed by atoms with Gasteiger partial charge in [0.1, 0.15) is 0 Å². The first-order chi connectivity index (χ1) is 6.34. The largest absolute Gasteiger partial charge is 0.117 e.